The van der Waals surface area contributed by atoms with Crippen molar-refractivity contribution in [1.29, 1.82) is 0 Å². The summed E-state index contributed by atoms with van der Waals surface area (Å²) in [6, 6.07) is 0. The van der Waals surface area contributed by atoms with Gasteiger partial charge in [-0.2, -0.15) is 0 Å². The van der Waals surface area contributed by atoms with Gasteiger partial charge in [0.1, 0.15) is 0 Å². The van der Waals surface area contributed by atoms with Crippen molar-refractivity contribution >= 4 is 24.7 Å². The Kier molecular flexibility index (Phi) is 24.3. The summed E-state index contributed by atoms with van der Waals surface area (Å²) in [4.78, 5) is 0. The van der Waals surface area contributed by atoms with Crippen LogP contribution < -0.4 is 5.02 Å². The van der Waals surface area contributed by atoms with Gasteiger partial charge in [0.25, 0.3) is 0 Å². The number of hydrogen-bond acceptors (Lipinski definition) is 3. The maximum absolute atomic E-state index is 8.64. The van der Waals surface area contributed by atoms with Gasteiger partial charge in [0.2, 0.25) is 0 Å². The van der Waals surface area contributed by atoms with E-state index in [0.717, 1.165) is 0 Å². The first-order valence-corrected chi connectivity index (χ1v) is 0.752. The van der Waals surface area contributed by atoms with Crippen molar-refractivity contribution in [1.82, 2.24) is 0 Å². The minimum Gasteiger partial charge on any atom is -2.00 e. The van der Waals surface area contributed by atoms with E-state index in [1.165, 1.54) is 0 Å². The van der Waals surface area contributed by atoms with Gasteiger partial charge in [0, 0.05) is 0 Å². The maximum atomic E-state index is 8.64. The molecule has 0 aliphatic carbocycles. The molecule has 0 aromatic rings. The van der Waals surface area contributed by atoms with Crippen molar-refractivity contribution in [2.75, 3.05) is 0 Å². The zero-order valence-electron chi connectivity index (χ0n) is 2.87. The van der Waals surface area contributed by atoms with Gasteiger partial charge in [-0.1, -0.05) is 0 Å². The first-order chi connectivity index (χ1) is 1.73. The summed E-state index contributed by atoms with van der Waals surface area (Å²) >= 11 is 0. The van der Waals surface area contributed by atoms with Gasteiger partial charge in [-0.25, -0.2) is 0 Å². The van der Waals surface area contributed by atoms with E-state index in [-0.39, 0.29) is 22.8 Å². The average molecular weight is 104 g/mol. The summed E-state index contributed by atoms with van der Waals surface area (Å²) in [6.45, 7) is 0. The molecule has 2 N–H and O–H groups in total. The molecule has 0 bridgehead atoms. The van der Waals surface area contributed by atoms with Gasteiger partial charge in [0.15, 0.2) is 0 Å². The SMILES string of the molecule is [Al+3].[O-2].[O-]B(O)O. The molecule has 0 amide bonds. The van der Waals surface area contributed by atoms with Crippen molar-refractivity contribution in [2.45, 2.75) is 0 Å². The van der Waals surface area contributed by atoms with Crippen molar-refractivity contribution in [3.63, 3.8) is 0 Å². The number of hydrogen-bond donors (Lipinski definition) is 2. The van der Waals surface area contributed by atoms with Crippen molar-refractivity contribution in [3.05, 3.63) is 0 Å². The van der Waals surface area contributed by atoms with E-state index in [1.807, 2.05) is 0 Å². The van der Waals surface area contributed by atoms with Gasteiger partial charge in [-0.05, 0) is 0 Å². The van der Waals surface area contributed by atoms with E-state index < -0.39 is 7.32 Å². The van der Waals surface area contributed by atoms with Gasteiger partial charge in [-0.15, -0.1) is 0 Å². The molecule has 6 heavy (non-hydrogen) atoms. The molecule has 0 aliphatic heterocycles. The minimum absolute atomic E-state index is 0. The van der Waals surface area contributed by atoms with Crippen LogP contribution in [-0.2, 0) is 5.48 Å². The summed E-state index contributed by atoms with van der Waals surface area (Å²) in [6.07, 6.45) is 0. The van der Waals surface area contributed by atoms with Crippen LogP contribution in [0.2, 0.25) is 0 Å². The summed E-state index contributed by atoms with van der Waals surface area (Å²) in [7, 11) is -2.42. The molecule has 4 nitrogen and oxygen atoms in total. The van der Waals surface area contributed by atoms with Gasteiger partial charge in [-0.3, -0.25) is 0 Å². The molecule has 32 valence electrons. The normalized spacial score (nSPS) is 4.50. The van der Waals surface area contributed by atoms with Crippen molar-refractivity contribution < 1.29 is 20.5 Å². The fourth-order valence-corrected chi connectivity index (χ4v) is 0. The topological polar surface area (TPSA) is 92.0 Å². The molecule has 0 unspecified atom stereocenters. The Morgan fingerprint density at radius 1 is 1.33 bits per heavy atom. The predicted octanol–water partition coefficient (Wildman–Crippen LogP) is -3.18. The minimum atomic E-state index is -2.42. The Balaban J connectivity index is -0.0000000450. The van der Waals surface area contributed by atoms with Gasteiger partial charge < -0.3 is 20.5 Å². The van der Waals surface area contributed by atoms with Crippen molar-refractivity contribution in [2.24, 2.45) is 0 Å². The zero-order chi connectivity index (χ0) is 3.58. The molecule has 0 atom stereocenters. The Bertz CT molecular complexity index is 12.3. The van der Waals surface area contributed by atoms with Crippen LogP contribution in [0.15, 0.2) is 0 Å². The molecule has 6 heteroatoms. The fraction of sp³-hybridized carbons (Fsp3) is 0. The first-order valence-electron chi connectivity index (χ1n) is 0.752. The molecule has 0 heterocycles. The summed E-state index contributed by atoms with van der Waals surface area (Å²) in [5, 5.41) is 22.8. The summed E-state index contributed by atoms with van der Waals surface area (Å²) in [5.74, 6) is 0. The molecule has 0 radical (unpaired) electrons. The first kappa shape index (κ1) is 16.1. The second kappa shape index (κ2) is 9.06. The fourth-order valence-electron chi connectivity index (χ4n) is 0. The van der Waals surface area contributed by atoms with Crippen LogP contribution in [0.5, 0.6) is 0 Å². The van der Waals surface area contributed by atoms with E-state index in [2.05, 4.69) is 0 Å². The molecule has 0 rings (SSSR count). The molecule has 0 saturated carbocycles. The van der Waals surface area contributed by atoms with Crippen LogP contribution in [0.4, 0.5) is 0 Å². The van der Waals surface area contributed by atoms with Gasteiger partial charge >= 0.3 is 24.7 Å². The summed E-state index contributed by atoms with van der Waals surface area (Å²) in [5.41, 5.74) is 0. The Labute approximate surface area is 46.0 Å². The van der Waals surface area contributed by atoms with E-state index in [9.17, 15) is 0 Å². The maximum Gasteiger partial charge on any atom is 3.00 e. The quantitative estimate of drug-likeness (QED) is 0.317. The smallest absolute Gasteiger partial charge is 2.00 e. The van der Waals surface area contributed by atoms with E-state index in [1.54, 1.807) is 0 Å². The van der Waals surface area contributed by atoms with Crippen LogP contribution in [0.1, 0.15) is 0 Å². The number of rotatable bonds is 0. The third-order valence-corrected chi connectivity index (χ3v) is 0. The van der Waals surface area contributed by atoms with E-state index in [0.29, 0.717) is 0 Å². The molecule has 0 spiro atoms. The van der Waals surface area contributed by atoms with Crippen LogP contribution in [0.3, 0.4) is 0 Å². The Morgan fingerprint density at radius 2 is 1.33 bits per heavy atom. The van der Waals surface area contributed by atoms with Crippen LogP contribution in [0.25, 0.3) is 0 Å². The molecule has 0 aliphatic rings. The van der Waals surface area contributed by atoms with E-state index in [4.69, 9.17) is 15.1 Å². The second-order valence-corrected chi connectivity index (χ2v) is 0.326. The molecule has 0 aromatic heterocycles. The zero-order valence-corrected chi connectivity index (χ0v) is 4.02. The van der Waals surface area contributed by atoms with Gasteiger partial charge in [0.05, 0.1) is 0 Å². The third-order valence-electron chi connectivity index (χ3n) is 0. The molecule has 0 aromatic carbocycles. The Hall–Kier alpha value is 0.437. The standard InChI is InChI=1S/Al.BH2O3.O/c;2-1(3)4;/h;2-3H;/q+3;-1;-2. The summed E-state index contributed by atoms with van der Waals surface area (Å²) < 4.78 is 0. The predicted molar refractivity (Wildman–Crippen MR) is 16.6 cm³/mol. The van der Waals surface area contributed by atoms with Crippen molar-refractivity contribution in [3.8, 4) is 0 Å². The van der Waals surface area contributed by atoms with Crippen LogP contribution in [0, 0.1) is 0 Å². The molecule has 0 fully saturated rings. The molecular weight excluding hydrogens is 102 g/mol. The second-order valence-electron chi connectivity index (χ2n) is 0.326. The van der Waals surface area contributed by atoms with Crippen LogP contribution in [-0.4, -0.2) is 34.7 Å². The third kappa shape index (κ3) is 274. The Morgan fingerprint density at radius 3 is 1.33 bits per heavy atom. The molecule has 0 saturated heterocycles. The van der Waals surface area contributed by atoms with Crippen LogP contribution >= 0.6 is 0 Å². The molecular formula is H2AlBO4. The van der Waals surface area contributed by atoms with E-state index >= 15 is 0 Å². The largest absolute Gasteiger partial charge is 3.00 e. The average Bonchev–Trinajstić information content (AvgIpc) is 0.811. The monoisotopic (exact) mass is 104 g/mol.